The minimum absolute atomic E-state index is 0.0955. The average molecular weight is 453 g/mol. The molecule has 8 nitrogen and oxygen atoms in total. The van der Waals surface area contributed by atoms with Crippen LogP contribution in [-0.2, 0) is 14.3 Å². The molecule has 1 fully saturated rings. The van der Waals surface area contributed by atoms with Crippen molar-refractivity contribution >= 4 is 18.0 Å². The number of rotatable bonds is 7. The summed E-state index contributed by atoms with van der Waals surface area (Å²) in [6.07, 6.45) is -0.0820. The standard InChI is InChI=1S/C25H28N2O6/c1-3-15(2)21(22(28)27-13-25(32,14-27)23(29)30)26-24(31)33-12-20-18-10-6-4-8-16(18)17-9-5-7-11-19(17)20/h4-11,15,20-21,32H,3,12-14H2,1-2H3,(H,26,31)(H,29,30)/t15?,21-/m0/s1. The first kappa shape index (κ1) is 22.8. The maximum Gasteiger partial charge on any atom is 0.407 e. The lowest BCUT2D eigenvalue weighted by Gasteiger charge is -2.45. The highest BCUT2D eigenvalue weighted by atomic mass is 16.5. The molecule has 2 amide bonds. The van der Waals surface area contributed by atoms with E-state index in [0.717, 1.165) is 22.3 Å². The fraction of sp³-hybridized carbons (Fsp3) is 0.400. The van der Waals surface area contributed by atoms with Crippen LogP contribution in [0.25, 0.3) is 11.1 Å². The zero-order valence-electron chi connectivity index (χ0n) is 18.7. The maximum absolute atomic E-state index is 12.9. The first-order valence-electron chi connectivity index (χ1n) is 11.1. The number of carbonyl (C=O) groups is 3. The summed E-state index contributed by atoms with van der Waals surface area (Å²) in [5.41, 5.74) is 2.50. The second-order valence-electron chi connectivity index (χ2n) is 8.86. The maximum atomic E-state index is 12.9. The zero-order chi connectivity index (χ0) is 23.8. The van der Waals surface area contributed by atoms with Gasteiger partial charge in [-0.1, -0.05) is 68.8 Å². The predicted octanol–water partition coefficient (Wildman–Crippen LogP) is 2.60. The summed E-state index contributed by atoms with van der Waals surface area (Å²) in [5.74, 6) is -2.08. The van der Waals surface area contributed by atoms with Crippen LogP contribution in [0, 0.1) is 5.92 Å². The van der Waals surface area contributed by atoms with Crippen molar-refractivity contribution in [3.05, 3.63) is 59.7 Å². The van der Waals surface area contributed by atoms with E-state index in [2.05, 4.69) is 17.4 Å². The minimum atomic E-state index is -1.93. The Morgan fingerprint density at radius 1 is 1.09 bits per heavy atom. The van der Waals surface area contributed by atoms with Crippen molar-refractivity contribution in [2.45, 2.75) is 37.8 Å². The number of ether oxygens (including phenoxy) is 1. The molecule has 2 aromatic carbocycles. The lowest BCUT2D eigenvalue weighted by atomic mass is 9.90. The quantitative estimate of drug-likeness (QED) is 0.595. The van der Waals surface area contributed by atoms with Crippen molar-refractivity contribution in [1.82, 2.24) is 10.2 Å². The number of carboxylic acid groups (broad SMARTS) is 1. The number of alkyl carbamates (subject to hydrolysis) is 1. The first-order valence-corrected chi connectivity index (χ1v) is 11.1. The van der Waals surface area contributed by atoms with E-state index in [0.29, 0.717) is 6.42 Å². The van der Waals surface area contributed by atoms with Gasteiger partial charge in [0.25, 0.3) is 0 Å². The molecule has 0 bridgehead atoms. The molecule has 1 aliphatic heterocycles. The van der Waals surface area contributed by atoms with Gasteiger partial charge < -0.3 is 25.2 Å². The number of carbonyl (C=O) groups excluding carboxylic acids is 2. The van der Waals surface area contributed by atoms with Crippen LogP contribution in [-0.4, -0.2) is 64.4 Å². The number of nitrogens with zero attached hydrogens (tertiary/aromatic N) is 1. The molecule has 1 heterocycles. The molecule has 0 saturated carbocycles. The van der Waals surface area contributed by atoms with Gasteiger partial charge in [0.2, 0.25) is 5.91 Å². The Balaban J connectivity index is 1.42. The number of amides is 2. The number of carboxylic acids is 1. The fourth-order valence-electron chi connectivity index (χ4n) is 4.52. The molecule has 4 rings (SSSR count). The van der Waals surface area contributed by atoms with Crippen molar-refractivity contribution in [2.24, 2.45) is 5.92 Å². The van der Waals surface area contributed by atoms with Gasteiger partial charge in [-0.05, 0) is 28.2 Å². The molecule has 1 unspecified atom stereocenters. The molecule has 2 aromatic rings. The van der Waals surface area contributed by atoms with E-state index in [1.807, 2.05) is 50.2 Å². The lowest BCUT2D eigenvalue weighted by molar-refractivity contribution is -0.183. The van der Waals surface area contributed by atoms with Gasteiger partial charge in [-0.25, -0.2) is 9.59 Å². The second kappa shape index (κ2) is 8.86. The van der Waals surface area contributed by atoms with Gasteiger partial charge in [-0.3, -0.25) is 4.79 Å². The van der Waals surface area contributed by atoms with Gasteiger partial charge in [-0.15, -0.1) is 0 Å². The Kier molecular flexibility index (Phi) is 6.12. The number of likely N-dealkylation sites (tertiary alicyclic amines) is 1. The van der Waals surface area contributed by atoms with Crippen LogP contribution >= 0.6 is 0 Å². The molecule has 174 valence electrons. The highest BCUT2D eigenvalue weighted by Gasteiger charge is 2.51. The number of aliphatic carboxylic acids is 1. The van der Waals surface area contributed by atoms with Gasteiger partial charge in [0, 0.05) is 5.92 Å². The molecule has 0 aromatic heterocycles. The smallest absolute Gasteiger partial charge is 0.407 e. The summed E-state index contributed by atoms with van der Waals surface area (Å²) >= 11 is 0. The van der Waals surface area contributed by atoms with E-state index in [1.165, 1.54) is 4.90 Å². The Hall–Kier alpha value is -3.39. The van der Waals surface area contributed by atoms with Gasteiger partial charge in [0.05, 0.1) is 13.1 Å². The van der Waals surface area contributed by atoms with Crippen LogP contribution in [0.5, 0.6) is 0 Å². The van der Waals surface area contributed by atoms with Crippen molar-refractivity contribution in [3.8, 4) is 11.1 Å². The SMILES string of the molecule is CCC(C)[C@H](NC(=O)OCC1c2ccccc2-c2ccccc21)C(=O)N1CC(O)(C(=O)O)C1. The number of hydrogen-bond donors (Lipinski definition) is 3. The van der Waals surface area contributed by atoms with Gasteiger partial charge in [0.1, 0.15) is 12.6 Å². The van der Waals surface area contributed by atoms with Gasteiger partial charge >= 0.3 is 12.1 Å². The molecule has 2 atom stereocenters. The van der Waals surface area contributed by atoms with E-state index < -0.39 is 29.6 Å². The number of aliphatic hydroxyl groups is 1. The normalized spacial score (nSPS) is 17.8. The van der Waals surface area contributed by atoms with Crippen molar-refractivity contribution in [2.75, 3.05) is 19.7 Å². The Morgan fingerprint density at radius 3 is 2.15 bits per heavy atom. The topological polar surface area (TPSA) is 116 Å². The van der Waals surface area contributed by atoms with Crippen molar-refractivity contribution in [3.63, 3.8) is 0 Å². The fourth-order valence-corrected chi connectivity index (χ4v) is 4.52. The molecule has 33 heavy (non-hydrogen) atoms. The van der Waals surface area contributed by atoms with Crippen LogP contribution in [0.2, 0.25) is 0 Å². The van der Waals surface area contributed by atoms with E-state index in [1.54, 1.807) is 0 Å². The summed E-state index contributed by atoms with van der Waals surface area (Å²) in [6.45, 7) is 3.24. The largest absolute Gasteiger partial charge is 0.479 e. The molecule has 8 heteroatoms. The van der Waals surface area contributed by atoms with Crippen molar-refractivity contribution < 1.29 is 29.3 Å². The number of benzene rings is 2. The molecule has 1 aliphatic carbocycles. The van der Waals surface area contributed by atoms with Crippen LogP contribution in [0.1, 0.15) is 37.3 Å². The van der Waals surface area contributed by atoms with Crippen LogP contribution in [0.15, 0.2) is 48.5 Å². The average Bonchev–Trinajstić information content (AvgIpc) is 3.11. The third kappa shape index (κ3) is 4.18. The molecular weight excluding hydrogens is 424 g/mol. The summed E-state index contributed by atoms with van der Waals surface area (Å²) in [4.78, 5) is 37.9. The highest BCUT2D eigenvalue weighted by molar-refractivity contribution is 5.90. The van der Waals surface area contributed by atoms with E-state index in [4.69, 9.17) is 9.84 Å². The molecule has 2 aliphatic rings. The number of β-amino-alcohol motifs (C(OH)–C–C–N with tert-alkyl or cyclic N) is 1. The molecule has 3 N–H and O–H groups in total. The lowest BCUT2D eigenvalue weighted by Crippen LogP contribution is -2.70. The molecule has 0 radical (unpaired) electrons. The van der Waals surface area contributed by atoms with E-state index in [-0.39, 0.29) is 31.5 Å². The summed E-state index contributed by atoms with van der Waals surface area (Å²) in [5, 5.41) is 21.7. The van der Waals surface area contributed by atoms with Crippen LogP contribution in [0.3, 0.4) is 0 Å². The van der Waals surface area contributed by atoms with Crippen molar-refractivity contribution in [1.29, 1.82) is 0 Å². The second-order valence-corrected chi connectivity index (χ2v) is 8.86. The van der Waals surface area contributed by atoms with E-state index >= 15 is 0 Å². The molecule has 0 spiro atoms. The number of fused-ring (bicyclic) bond motifs is 3. The third-order valence-electron chi connectivity index (χ3n) is 6.71. The molecule has 1 saturated heterocycles. The Morgan fingerprint density at radius 2 is 1.64 bits per heavy atom. The Labute approximate surface area is 192 Å². The van der Waals surface area contributed by atoms with Gasteiger partial charge in [0.15, 0.2) is 5.60 Å². The number of nitrogens with one attached hydrogen (secondary N) is 1. The molecular formula is C25H28N2O6. The first-order chi connectivity index (χ1) is 15.7. The number of hydrogen-bond acceptors (Lipinski definition) is 5. The Bertz CT molecular complexity index is 1030. The highest BCUT2D eigenvalue weighted by Crippen LogP contribution is 2.44. The van der Waals surface area contributed by atoms with Crippen LogP contribution in [0.4, 0.5) is 4.79 Å². The summed E-state index contributed by atoms with van der Waals surface area (Å²) in [6, 6.07) is 15.2. The van der Waals surface area contributed by atoms with Gasteiger partial charge in [-0.2, -0.15) is 0 Å². The summed E-state index contributed by atoms with van der Waals surface area (Å²) < 4.78 is 5.56. The zero-order valence-corrected chi connectivity index (χ0v) is 18.7. The third-order valence-corrected chi connectivity index (χ3v) is 6.71. The monoisotopic (exact) mass is 452 g/mol. The predicted molar refractivity (Wildman–Crippen MR) is 121 cm³/mol. The summed E-state index contributed by atoms with van der Waals surface area (Å²) in [7, 11) is 0. The minimum Gasteiger partial charge on any atom is -0.479 e. The van der Waals surface area contributed by atoms with Crippen LogP contribution < -0.4 is 5.32 Å². The van der Waals surface area contributed by atoms with E-state index in [9.17, 15) is 19.5 Å².